The van der Waals surface area contributed by atoms with Crippen molar-refractivity contribution in [1.82, 2.24) is 14.7 Å². The largest absolute Gasteiger partial charge is 0.378 e. The predicted octanol–water partition coefficient (Wildman–Crippen LogP) is 0.679. The summed E-state index contributed by atoms with van der Waals surface area (Å²) < 4.78 is 5.26. The van der Waals surface area contributed by atoms with Gasteiger partial charge in [0.2, 0.25) is 17.7 Å². The fourth-order valence-corrected chi connectivity index (χ4v) is 3.10. The van der Waals surface area contributed by atoms with Crippen molar-refractivity contribution in [3.63, 3.8) is 0 Å². The minimum Gasteiger partial charge on any atom is -0.378 e. The van der Waals surface area contributed by atoms with Crippen molar-refractivity contribution in [2.24, 2.45) is 0 Å². The molecule has 2 rings (SSSR count). The second-order valence-corrected chi connectivity index (χ2v) is 6.88. The van der Waals surface area contributed by atoms with Gasteiger partial charge in [0.1, 0.15) is 13.1 Å². The molecule has 8 heteroatoms. The number of amides is 3. The summed E-state index contributed by atoms with van der Waals surface area (Å²) in [6, 6.07) is 11.1. The summed E-state index contributed by atoms with van der Waals surface area (Å²) in [5.74, 6) is -0.746. The Morgan fingerprint density at radius 2 is 1.76 bits per heavy atom. The van der Waals surface area contributed by atoms with Gasteiger partial charge in [-0.05, 0) is 12.0 Å². The summed E-state index contributed by atoms with van der Waals surface area (Å²) in [6.45, 7) is 3.96. The number of rotatable bonds is 9. The molecule has 0 spiro atoms. The minimum absolute atomic E-state index is 0.0278. The van der Waals surface area contributed by atoms with Crippen LogP contribution in [0.25, 0.3) is 0 Å². The Morgan fingerprint density at radius 3 is 2.38 bits per heavy atom. The van der Waals surface area contributed by atoms with Gasteiger partial charge < -0.3 is 19.4 Å². The Hall–Kier alpha value is -2.92. The first-order valence-corrected chi connectivity index (χ1v) is 9.87. The molecule has 0 bridgehead atoms. The van der Waals surface area contributed by atoms with E-state index >= 15 is 0 Å². The summed E-state index contributed by atoms with van der Waals surface area (Å²) in [5.41, 5.74) is 0.820. The quantitative estimate of drug-likeness (QED) is 0.568. The normalized spacial score (nSPS) is 13.4. The van der Waals surface area contributed by atoms with Crippen LogP contribution in [-0.4, -0.2) is 84.9 Å². The monoisotopic (exact) mass is 400 g/mol. The summed E-state index contributed by atoms with van der Waals surface area (Å²) in [5, 5.41) is 9.08. The van der Waals surface area contributed by atoms with E-state index in [4.69, 9.17) is 10.00 Å². The minimum atomic E-state index is -0.329. The van der Waals surface area contributed by atoms with E-state index in [2.05, 4.69) is 0 Å². The lowest BCUT2D eigenvalue weighted by Gasteiger charge is -2.31. The van der Waals surface area contributed by atoms with Crippen LogP contribution in [0.3, 0.4) is 0 Å². The maximum atomic E-state index is 12.8. The average Bonchev–Trinajstić information content (AvgIpc) is 2.74. The van der Waals surface area contributed by atoms with E-state index in [0.29, 0.717) is 39.3 Å². The molecule has 0 saturated carbocycles. The number of benzene rings is 1. The van der Waals surface area contributed by atoms with E-state index in [9.17, 15) is 14.4 Å². The van der Waals surface area contributed by atoms with Crippen LogP contribution in [0.15, 0.2) is 30.3 Å². The zero-order chi connectivity index (χ0) is 21.1. The van der Waals surface area contributed by atoms with Crippen molar-refractivity contribution in [3.05, 3.63) is 35.9 Å². The second-order valence-electron chi connectivity index (χ2n) is 6.88. The lowest BCUT2D eigenvalue weighted by Crippen LogP contribution is -2.50. The zero-order valence-corrected chi connectivity index (χ0v) is 16.9. The maximum Gasteiger partial charge on any atom is 0.242 e. The van der Waals surface area contributed by atoms with Crippen molar-refractivity contribution in [2.45, 2.75) is 19.8 Å². The van der Waals surface area contributed by atoms with Crippen LogP contribution in [0.4, 0.5) is 0 Å². The molecular weight excluding hydrogens is 372 g/mol. The fraction of sp³-hybridized carbons (Fsp3) is 0.524. The summed E-state index contributed by atoms with van der Waals surface area (Å²) in [4.78, 5) is 42.3. The Balaban J connectivity index is 1.99. The van der Waals surface area contributed by atoms with E-state index in [-0.39, 0.29) is 43.8 Å². The van der Waals surface area contributed by atoms with Crippen LogP contribution < -0.4 is 0 Å². The highest BCUT2D eigenvalue weighted by molar-refractivity contribution is 5.89. The molecule has 1 aliphatic rings. The van der Waals surface area contributed by atoms with Crippen LogP contribution in [0.2, 0.25) is 0 Å². The van der Waals surface area contributed by atoms with Gasteiger partial charge in [0.25, 0.3) is 0 Å². The summed E-state index contributed by atoms with van der Waals surface area (Å²) in [6.07, 6.45) is 0.814. The first kappa shape index (κ1) is 22.4. The number of nitriles is 1. The Morgan fingerprint density at radius 1 is 1.07 bits per heavy atom. The summed E-state index contributed by atoms with van der Waals surface area (Å²) >= 11 is 0. The molecule has 156 valence electrons. The van der Waals surface area contributed by atoms with Crippen molar-refractivity contribution < 1.29 is 19.1 Å². The molecule has 0 N–H and O–H groups in total. The number of carbonyl (C=O) groups excluding carboxylic acids is 3. The number of carbonyl (C=O) groups is 3. The van der Waals surface area contributed by atoms with Gasteiger partial charge in [-0.1, -0.05) is 37.3 Å². The highest BCUT2D eigenvalue weighted by Gasteiger charge is 2.25. The summed E-state index contributed by atoms with van der Waals surface area (Å²) in [7, 11) is 0. The third kappa shape index (κ3) is 7.20. The van der Waals surface area contributed by atoms with Crippen molar-refractivity contribution in [1.29, 1.82) is 5.26 Å². The van der Waals surface area contributed by atoms with Gasteiger partial charge in [-0.3, -0.25) is 14.4 Å². The molecule has 0 radical (unpaired) electrons. The van der Waals surface area contributed by atoms with Crippen molar-refractivity contribution in [2.75, 3.05) is 52.5 Å². The van der Waals surface area contributed by atoms with Crippen molar-refractivity contribution >= 4 is 17.7 Å². The van der Waals surface area contributed by atoms with Crippen LogP contribution >= 0.6 is 0 Å². The van der Waals surface area contributed by atoms with E-state index in [0.717, 1.165) is 5.56 Å². The highest BCUT2D eigenvalue weighted by Crippen LogP contribution is 2.06. The molecule has 1 aromatic rings. The number of morpholine rings is 1. The number of ether oxygens (including phenoxy) is 1. The van der Waals surface area contributed by atoms with Gasteiger partial charge in [0.05, 0.1) is 32.2 Å². The SMILES string of the molecule is CCCN(CC(=O)N1CCOCC1)C(=O)CN(CC#N)C(=O)Cc1ccccc1. The van der Waals surface area contributed by atoms with E-state index in [1.54, 1.807) is 4.90 Å². The van der Waals surface area contributed by atoms with Crippen LogP contribution in [-0.2, 0) is 25.5 Å². The van der Waals surface area contributed by atoms with Gasteiger partial charge in [-0.2, -0.15) is 5.26 Å². The van der Waals surface area contributed by atoms with Gasteiger partial charge in [-0.15, -0.1) is 0 Å². The molecule has 8 nitrogen and oxygen atoms in total. The lowest BCUT2D eigenvalue weighted by atomic mass is 10.1. The van der Waals surface area contributed by atoms with Gasteiger partial charge in [0.15, 0.2) is 0 Å². The molecule has 0 aliphatic carbocycles. The third-order valence-corrected chi connectivity index (χ3v) is 4.67. The molecule has 1 heterocycles. The second kappa shape index (κ2) is 11.8. The van der Waals surface area contributed by atoms with Gasteiger partial charge >= 0.3 is 0 Å². The molecule has 0 unspecified atom stereocenters. The van der Waals surface area contributed by atoms with Crippen LogP contribution in [0.1, 0.15) is 18.9 Å². The van der Waals surface area contributed by atoms with E-state index in [1.165, 1.54) is 9.80 Å². The topological polar surface area (TPSA) is 93.9 Å². The molecule has 1 aromatic carbocycles. The highest BCUT2D eigenvalue weighted by atomic mass is 16.5. The predicted molar refractivity (Wildman–Crippen MR) is 107 cm³/mol. The first-order valence-electron chi connectivity index (χ1n) is 9.87. The fourth-order valence-electron chi connectivity index (χ4n) is 3.10. The molecule has 1 fully saturated rings. The number of nitrogens with zero attached hydrogens (tertiary/aromatic N) is 4. The van der Waals surface area contributed by atoms with Gasteiger partial charge in [0, 0.05) is 19.6 Å². The first-order chi connectivity index (χ1) is 14.0. The molecule has 1 aliphatic heterocycles. The molecule has 0 aromatic heterocycles. The third-order valence-electron chi connectivity index (χ3n) is 4.67. The van der Waals surface area contributed by atoms with Crippen LogP contribution in [0.5, 0.6) is 0 Å². The zero-order valence-electron chi connectivity index (χ0n) is 16.9. The molecule has 0 atom stereocenters. The average molecular weight is 400 g/mol. The van der Waals surface area contributed by atoms with E-state index in [1.807, 2.05) is 43.3 Å². The van der Waals surface area contributed by atoms with E-state index < -0.39 is 0 Å². The number of hydrogen-bond acceptors (Lipinski definition) is 5. The van der Waals surface area contributed by atoms with Crippen LogP contribution in [0, 0.1) is 11.3 Å². The number of hydrogen-bond donors (Lipinski definition) is 0. The molecule has 3 amide bonds. The standard InChI is InChI=1S/C21H28N4O4/c1-2-9-24(16-20(27)23-11-13-29-14-12-23)21(28)17-25(10-8-22)19(26)15-18-6-4-3-5-7-18/h3-7H,2,9-17H2,1H3. The van der Waals surface area contributed by atoms with Crippen molar-refractivity contribution in [3.8, 4) is 6.07 Å². The molecule has 1 saturated heterocycles. The molecular formula is C21H28N4O4. The molecule has 29 heavy (non-hydrogen) atoms. The Kier molecular flexibility index (Phi) is 9.12. The maximum absolute atomic E-state index is 12.8. The Bertz CT molecular complexity index is 726. The Labute approximate surface area is 171 Å². The lowest BCUT2D eigenvalue weighted by molar-refractivity contribution is -0.145. The smallest absolute Gasteiger partial charge is 0.242 e. The van der Waals surface area contributed by atoms with Gasteiger partial charge in [-0.25, -0.2) is 0 Å².